The summed E-state index contributed by atoms with van der Waals surface area (Å²) in [5.41, 5.74) is 1.42. The molecule has 1 aromatic carbocycles. The van der Waals surface area contributed by atoms with E-state index in [1.54, 1.807) is 31.3 Å². The topological polar surface area (TPSA) is 63.4 Å². The number of piperidine rings is 1. The molecule has 0 radical (unpaired) electrons. The highest BCUT2D eigenvalue weighted by Gasteiger charge is 2.41. The van der Waals surface area contributed by atoms with E-state index < -0.39 is 6.04 Å². The maximum Gasteiger partial charge on any atom is 0.186 e. The maximum atomic E-state index is 14.6. The molecule has 152 valence electrons. The third kappa shape index (κ3) is 4.67. The first kappa shape index (κ1) is 20.0. The number of oxazole rings is 1. The molecule has 1 saturated carbocycles. The Morgan fingerprint density at radius 3 is 2.76 bits per heavy atom. The van der Waals surface area contributed by atoms with Crippen LogP contribution in [0.2, 0.25) is 0 Å². The molecule has 1 aliphatic heterocycles. The molecule has 2 aliphatic rings. The zero-order valence-corrected chi connectivity index (χ0v) is 17.0. The minimum absolute atomic E-state index is 0.00569. The number of hydrogen-bond donors (Lipinski definition) is 0. The van der Waals surface area contributed by atoms with E-state index >= 15 is 0 Å². The first-order valence-corrected chi connectivity index (χ1v) is 10.7. The summed E-state index contributed by atoms with van der Waals surface area (Å²) >= 11 is 1.29. The van der Waals surface area contributed by atoms with Gasteiger partial charge in [-0.3, -0.25) is 14.5 Å². The van der Waals surface area contributed by atoms with Gasteiger partial charge >= 0.3 is 0 Å². The third-order valence-corrected chi connectivity index (χ3v) is 6.53. The number of carbonyl (C=O) groups excluding carboxylic acids is 2. The van der Waals surface area contributed by atoms with Crippen molar-refractivity contribution in [2.24, 2.45) is 5.92 Å². The van der Waals surface area contributed by atoms with Gasteiger partial charge in [-0.2, -0.15) is 0 Å². The number of aromatic nitrogens is 1. The van der Waals surface area contributed by atoms with Crippen molar-refractivity contribution < 1.29 is 18.4 Å². The molecule has 0 bridgehead atoms. The second-order valence-corrected chi connectivity index (χ2v) is 8.96. The van der Waals surface area contributed by atoms with Gasteiger partial charge in [0.1, 0.15) is 11.6 Å². The zero-order valence-electron chi connectivity index (χ0n) is 16.2. The number of hydrogen-bond acceptors (Lipinski definition) is 6. The molecular weight excluding hydrogens is 391 g/mol. The van der Waals surface area contributed by atoms with Gasteiger partial charge < -0.3 is 4.42 Å². The van der Waals surface area contributed by atoms with Crippen LogP contribution < -0.4 is 0 Å². The number of halogens is 1. The van der Waals surface area contributed by atoms with Crippen LogP contribution in [0.1, 0.15) is 43.6 Å². The predicted molar refractivity (Wildman–Crippen MR) is 110 cm³/mol. The first-order valence-electron chi connectivity index (χ1n) is 9.81. The van der Waals surface area contributed by atoms with Crippen LogP contribution in [0.25, 0.3) is 6.08 Å². The highest BCUT2D eigenvalue weighted by Crippen LogP contribution is 2.40. The van der Waals surface area contributed by atoms with E-state index in [-0.39, 0.29) is 27.9 Å². The van der Waals surface area contributed by atoms with Crippen molar-refractivity contribution in [3.05, 3.63) is 59.6 Å². The summed E-state index contributed by atoms with van der Waals surface area (Å²) < 4.78 is 20.0. The molecule has 5 nitrogen and oxygen atoms in total. The van der Waals surface area contributed by atoms with Crippen LogP contribution in [0.4, 0.5) is 4.39 Å². The van der Waals surface area contributed by atoms with E-state index in [2.05, 4.69) is 4.98 Å². The maximum absolute atomic E-state index is 14.6. The fourth-order valence-corrected chi connectivity index (χ4v) is 4.79. The Hall–Kier alpha value is -2.25. The van der Waals surface area contributed by atoms with Crippen molar-refractivity contribution in [3.8, 4) is 0 Å². The summed E-state index contributed by atoms with van der Waals surface area (Å²) in [6, 6.07) is 5.92. The number of thioether (sulfide) groups is 1. The molecule has 2 atom stereocenters. The fourth-order valence-electron chi connectivity index (χ4n) is 3.88. The van der Waals surface area contributed by atoms with Gasteiger partial charge in [0.05, 0.1) is 12.2 Å². The van der Waals surface area contributed by atoms with Crippen molar-refractivity contribution in [1.29, 1.82) is 0 Å². The predicted octanol–water partition coefficient (Wildman–Crippen LogP) is 4.27. The van der Waals surface area contributed by atoms with Crippen molar-refractivity contribution in [3.63, 3.8) is 0 Å². The highest BCUT2D eigenvalue weighted by atomic mass is 32.2. The molecule has 0 amide bonds. The average Bonchev–Trinajstić information content (AvgIpc) is 3.42. The summed E-state index contributed by atoms with van der Waals surface area (Å²) in [5, 5.41) is 0.0535. The van der Waals surface area contributed by atoms with Crippen LogP contribution in [-0.2, 0) is 9.59 Å². The Balaban J connectivity index is 1.66. The summed E-state index contributed by atoms with van der Waals surface area (Å²) in [6.07, 6.45) is 7.32. The molecule has 0 N–H and O–H groups in total. The Kier molecular flexibility index (Phi) is 5.96. The highest BCUT2D eigenvalue weighted by molar-refractivity contribution is 8.14. The lowest BCUT2D eigenvalue weighted by atomic mass is 9.93. The van der Waals surface area contributed by atoms with Gasteiger partial charge in [0.25, 0.3) is 0 Å². The summed E-state index contributed by atoms with van der Waals surface area (Å²) in [4.78, 5) is 30.8. The normalized spacial score (nSPS) is 22.6. The average molecular weight is 415 g/mol. The van der Waals surface area contributed by atoms with E-state index in [4.69, 9.17) is 4.42 Å². The van der Waals surface area contributed by atoms with Crippen LogP contribution in [0, 0.1) is 11.7 Å². The lowest BCUT2D eigenvalue weighted by molar-refractivity contribution is -0.126. The van der Waals surface area contributed by atoms with Crippen LogP contribution in [0.5, 0.6) is 0 Å². The van der Waals surface area contributed by atoms with Gasteiger partial charge in [0, 0.05) is 36.7 Å². The molecule has 29 heavy (non-hydrogen) atoms. The van der Waals surface area contributed by atoms with E-state index in [1.807, 2.05) is 11.0 Å². The number of rotatable bonds is 6. The third-order valence-electron chi connectivity index (χ3n) is 5.38. The number of likely N-dealkylation sites (tertiary alicyclic amines) is 1. The van der Waals surface area contributed by atoms with E-state index in [0.717, 1.165) is 18.4 Å². The Labute approximate surface area is 173 Å². The van der Waals surface area contributed by atoms with Crippen LogP contribution in [0.15, 0.2) is 46.8 Å². The number of ketones is 1. The minimum Gasteiger partial charge on any atom is -0.444 e. The molecule has 2 fully saturated rings. The van der Waals surface area contributed by atoms with Gasteiger partial charge in [-0.05, 0) is 37.0 Å². The van der Waals surface area contributed by atoms with Crippen molar-refractivity contribution in [2.75, 3.05) is 13.1 Å². The molecule has 4 rings (SSSR count). The Morgan fingerprint density at radius 2 is 2.10 bits per heavy atom. The molecule has 7 heteroatoms. The first-order chi connectivity index (χ1) is 14.0. The van der Waals surface area contributed by atoms with Gasteiger partial charge in [-0.15, -0.1) is 0 Å². The number of Topliss-reactive ketones (excluding diaryl/α,β-unsaturated/α-hetero) is 1. The molecule has 1 aliphatic carbocycles. The van der Waals surface area contributed by atoms with E-state index in [1.165, 1.54) is 24.2 Å². The van der Waals surface area contributed by atoms with Crippen LogP contribution in [0.3, 0.4) is 0 Å². The molecule has 2 unspecified atom stereocenters. The lowest BCUT2D eigenvalue weighted by Crippen LogP contribution is -2.43. The molecular formula is C22H23FN2O3S. The molecule has 0 spiro atoms. The Morgan fingerprint density at radius 1 is 1.31 bits per heavy atom. The smallest absolute Gasteiger partial charge is 0.186 e. The second-order valence-electron chi connectivity index (χ2n) is 7.58. The molecule has 2 heterocycles. The summed E-state index contributed by atoms with van der Waals surface area (Å²) in [5.74, 6) is 0.358. The summed E-state index contributed by atoms with van der Waals surface area (Å²) in [7, 11) is 0. The largest absolute Gasteiger partial charge is 0.444 e. The Bertz CT molecular complexity index is 924. The van der Waals surface area contributed by atoms with Crippen LogP contribution in [-0.4, -0.2) is 39.1 Å². The van der Waals surface area contributed by atoms with Gasteiger partial charge in [0.2, 0.25) is 0 Å². The minimum atomic E-state index is -0.606. The number of benzene rings is 1. The number of carbonyl (C=O) groups is 2. The van der Waals surface area contributed by atoms with E-state index in [0.29, 0.717) is 30.8 Å². The lowest BCUT2D eigenvalue weighted by Gasteiger charge is -2.38. The van der Waals surface area contributed by atoms with Gasteiger partial charge in [-0.25, -0.2) is 9.37 Å². The molecule has 1 aromatic heterocycles. The monoisotopic (exact) mass is 414 g/mol. The SMILES string of the molecule is CC(=O)SC1CCN(C(C(=O)C2CC2)c2ccccc2F)C/C1=C\c1cnco1. The number of nitrogens with zero attached hydrogens (tertiary/aromatic N) is 2. The van der Waals surface area contributed by atoms with Crippen LogP contribution >= 0.6 is 11.8 Å². The van der Waals surface area contributed by atoms with Gasteiger partial charge in [-0.1, -0.05) is 30.0 Å². The second kappa shape index (κ2) is 8.63. The van der Waals surface area contributed by atoms with Crippen molar-refractivity contribution in [1.82, 2.24) is 9.88 Å². The van der Waals surface area contributed by atoms with Gasteiger partial charge in [0.15, 0.2) is 17.3 Å². The zero-order chi connectivity index (χ0) is 20.4. The van der Waals surface area contributed by atoms with Crippen molar-refractivity contribution in [2.45, 2.75) is 37.5 Å². The molecule has 2 aromatic rings. The summed E-state index contributed by atoms with van der Waals surface area (Å²) in [6.45, 7) is 2.65. The van der Waals surface area contributed by atoms with E-state index in [9.17, 15) is 14.0 Å². The quantitative estimate of drug-likeness (QED) is 0.703. The fraction of sp³-hybridized carbons (Fsp3) is 0.409. The van der Waals surface area contributed by atoms with Crippen molar-refractivity contribution >= 4 is 28.7 Å². The standard InChI is InChI=1S/C22H23FN2O3S/c1-14(26)29-20-8-9-25(12-16(20)10-17-11-24-13-28-17)21(22(27)15-6-7-15)18-4-2-3-5-19(18)23/h2-5,10-11,13,15,20-21H,6-9,12H2,1H3/b16-10+. The molecule has 1 saturated heterocycles.